The molecule has 0 radical (unpaired) electrons. The van der Waals surface area contributed by atoms with Crippen LogP contribution in [0.2, 0.25) is 0 Å². The molecule has 1 atom stereocenters. The molecule has 0 fully saturated rings. The van der Waals surface area contributed by atoms with Crippen molar-refractivity contribution >= 4 is 27.5 Å². The highest BCUT2D eigenvalue weighted by molar-refractivity contribution is 7.92. The molecule has 190 valence electrons. The Morgan fingerprint density at radius 3 is 2.11 bits per heavy atom. The molecule has 36 heavy (non-hydrogen) atoms. The molecule has 3 aromatic rings. The molecule has 0 aliphatic heterocycles. The summed E-state index contributed by atoms with van der Waals surface area (Å²) >= 11 is 0. The number of nitrogens with one attached hydrogen (secondary N) is 1. The van der Waals surface area contributed by atoms with Crippen LogP contribution in [-0.2, 0) is 26.2 Å². The Morgan fingerprint density at radius 1 is 0.944 bits per heavy atom. The van der Waals surface area contributed by atoms with Gasteiger partial charge in [0.1, 0.15) is 29.9 Å². The number of sulfonamides is 1. The predicted octanol–water partition coefficient (Wildman–Crippen LogP) is 3.55. The van der Waals surface area contributed by atoms with Gasteiger partial charge < -0.3 is 15.0 Å². The van der Waals surface area contributed by atoms with E-state index >= 15 is 0 Å². The second-order valence-electron chi connectivity index (χ2n) is 8.08. The van der Waals surface area contributed by atoms with Crippen LogP contribution in [0.3, 0.4) is 0 Å². The third kappa shape index (κ3) is 6.82. The third-order valence-corrected chi connectivity index (χ3v) is 6.64. The zero-order valence-corrected chi connectivity index (χ0v) is 21.0. The van der Waals surface area contributed by atoms with Gasteiger partial charge in [-0.15, -0.1) is 0 Å². The van der Waals surface area contributed by atoms with Crippen molar-refractivity contribution in [2.24, 2.45) is 0 Å². The van der Waals surface area contributed by atoms with Crippen molar-refractivity contribution in [1.82, 2.24) is 10.2 Å². The summed E-state index contributed by atoms with van der Waals surface area (Å²) in [6.07, 6.45) is 0.984. The van der Waals surface area contributed by atoms with Gasteiger partial charge in [0.05, 0.1) is 11.9 Å². The molecule has 0 aliphatic rings. The van der Waals surface area contributed by atoms with Crippen molar-refractivity contribution in [2.75, 3.05) is 24.2 Å². The third-order valence-electron chi connectivity index (χ3n) is 5.50. The Labute approximate surface area is 210 Å². The molecule has 0 spiro atoms. The van der Waals surface area contributed by atoms with Crippen LogP contribution in [0, 0.1) is 5.82 Å². The van der Waals surface area contributed by atoms with Crippen molar-refractivity contribution in [1.29, 1.82) is 0 Å². The van der Waals surface area contributed by atoms with Gasteiger partial charge in [-0.25, -0.2) is 12.8 Å². The highest BCUT2D eigenvalue weighted by Gasteiger charge is 2.30. The maximum Gasteiger partial charge on any atom is 0.244 e. The molecule has 0 saturated heterocycles. The highest BCUT2D eigenvalue weighted by Crippen LogP contribution is 2.26. The Kier molecular flexibility index (Phi) is 8.65. The molecule has 10 heteroatoms. The van der Waals surface area contributed by atoms with Gasteiger partial charge in [0.2, 0.25) is 21.8 Å². The number of halogens is 1. The number of hydrogen-bond acceptors (Lipinski definition) is 5. The Hall–Kier alpha value is -3.92. The molecule has 0 heterocycles. The number of ether oxygens (including phenoxy) is 1. The van der Waals surface area contributed by atoms with Crippen molar-refractivity contribution in [2.45, 2.75) is 19.5 Å². The van der Waals surface area contributed by atoms with E-state index in [9.17, 15) is 22.4 Å². The molecule has 3 rings (SSSR count). The number of likely N-dealkylation sites (N-methyl/N-ethyl adjacent to an activating group) is 1. The molecule has 8 nitrogen and oxygen atoms in total. The molecular formula is C26H28FN3O5S. The van der Waals surface area contributed by atoms with Crippen molar-refractivity contribution in [3.63, 3.8) is 0 Å². The topological polar surface area (TPSA) is 96.0 Å². The first-order valence-corrected chi connectivity index (χ1v) is 13.0. The summed E-state index contributed by atoms with van der Waals surface area (Å²) < 4.78 is 46.2. The number of para-hydroxylation sites is 1. The average molecular weight is 514 g/mol. The number of carbonyl (C=O) groups is 2. The fraction of sp³-hybridized carbons (Fsp3) is 0.231. The maximum atomic E-state index is 14.3. The van der Waals surface area contributed by atoms with Crippen molar-refractivity contribution in [3.8, 4) is 11.5 Å². The lowest BCUT2D eigenvalue weighted by Crippen LogP contribution is -2.50. The first kappa shape index (κ1) is 26.7. The summed E-state index contributed by atoms with van der Waals surface area (Å²) in [6, 6.07) is 20.2. The van der Waals surface area contributed by atoms with Crippen LogP contribution >= 0.6 is 0 Å². The minimum absolute atomic E-state index is 0.204. The lowest BCUT2D eigenvalue weighted by atomic mass is 10.1. The van der Waals surface area contributed by atoms with Crippen LogP contribution in [0.1, 0.15) is 12.5 Å². The van der Waals surface area contributed by atoms with Gasteiger partial charge in [-0.3, -0.25) is 13.9 Å². The Morgan fingerprint density at radius 2 is 1.53 bits per heavy atom. The van der Waals surface area contributed by atoms with Crippen LogP contribution in [0.5, 0.6) is 11.5 Å². The van der Waals surface area contributed by atoms with Crippen molar-refractivity contribution < 1.29 is 27.1 Å². The van der Waals surface area contributed by atoms with Crippen LogP contribution in [0.4, 0.5) is 10.1 Å². The first-order chi connectivity index (χ1) is 17.1. The molecule has 1 N–H and O–H groups in total. The van der Waals surface area contributed by atoms with E-state index in [1.54, 1.807) is 30.3 Å². The van der Waals surface area contributed by atoms with Crippen LogP contribution < -0.4 is 14.4 Å². The molecule has 3 aromatic carbocycles. The smallest absolute Gasteiger partial charge is 0.244 e. The lowest BCUT2D eigenvalue weighted by molar-refractivity contribution is -0.139. The summed E-state index contributed by atoms with van der Waals surface area (Å²) in [4.78, 5) is 26.8. The molecule has 2 amide bonds. The van der Waals surface area contributed by atoms with Gasteiger partial charge in [0.15, 0.2) is 0 Å². The van der Waals surface area contributed by atoms with E-state index in [4.69, 9.17) is 4.74 Å². The summed E-state index contributed by atoms with van der Waals surface area (Å²) in [5.74, 6) is -0.558. The second kappa shape index (κ2) is 11.7. The molecule has 0 aromatic heterocycles. The summed E-state index contributed by atoms with van der Waals surface area (Å²) in [5.41, 5.74) is 0.444. The number of anilines is 1. The van der Waals surface area contributed by atoms with Gasteiger partial charge in [-0.05, 0) is 49.4 Å². The number of amides is 2. The van der Waals surface area contributed by atoms with Gasteiger partial charge in [-0.1, -0.05) is 36.4 Å². The molecule has 0 aliphatic carbocycles. The Bertz CT molecular complexity index is 1300. The highest BCUT2D eigenvalue weighted by atomic mass is 32.2. The minimum Gasteiger partial charge on any atom is -0.457 e. The molecular weight excluding hydrogens is 485 g/mol. The fourth-order valence-corrected chi connectivity index (χ4v) is 4.37. The first-order valence-electron chi connectivity index (χ1n) is 11.2. The van der Waals surface area contributed by atoms with Gasteiger partial charge in [-0.2, -0.15) is 0 Å². The van der Waals surface area contributed by atoms with Crippen LogP contribution in [-0.4, -0.2) is 51.0 Å². The largest absolute Gasteiger partial charge is 0.457 e. The van der Waals surface area contributed by atoms with Gasteiger partial charge in [0.25, 0.3) is 0 Å². The zero-order chi connectivity index (χ0) is 26.3. The monoisotopic (exact) mass is 513 g/mol. The number of hydrogen-bond donors (Lipinski definition) is 1. The zero-order valence-electron chi connectivity index (χ0n) is 20.2. The van der Waals surface area contributed by atoms with E-state index in [-0.39, 0.29) is 17.8 Å². The van der Waals surface area contributed by atoms with E-state index in [0.717, 1.165) is 15.5 Å². The predicted molar refractivity (Wildman–Crippen MR) is 136 cm³/mol. The van der Waals surface area contributed by atoms with E-state index < -0.39 is 40.2 Å². The normalized spacial score (nSPS) is 11.9. The molecule has 0 unspecified atom stereocenters. The fourth-order valence-electron chi connectivity index (χ4n) is 3.52. The SMILES string of the molecule is CNC(=O)[C@H](C)N(Cc1ccccc1F)C(=O)CN(c1ccc(Oc2ccccc2)cc1)S(C)(=O)=O. The quantitative estimate of drug-likeness (QED) is 0.447. The summed E-state index contributed by atoms with van der Waals surface area (Å²) in [7, 11) is -2.46. The summed E-state index contributed by atoms with van der Waals surface area (Å²) in [5, 5.41) is 2.47. The number of rotatable bonds is 10. The number of benzene rings is 3. The van der Waals surface area contributed by atoms with Gasteiger partial charge in [0, 0.05) is 19.2 Å². The molecule has 0 saturated carbocycles. The van der Waals surface area contributed by atoms with Crippen LogP contribution in [0.25, 0.3) is 0 Å². The van der Waals surface area contributed by atoms with E-state index in [1.165, 1.54) is 44.3 Å². The maximum absolute atomic E-state index is 14.3. The molecule has 0 bridgehead atoms. The number of nitrogens with zero attached hydrogens (tertiary/aromatic N) is 2. The summed E-state index contributed by atoms with van der Waals surface area (Å²) in [6.45, 7) is 0.715. The van der Waals surface area contributed by atoms with E-state index in [2.05, 4.69) is 5.32 Å². The number of carbonyl (C=O) groups excluding carboxylic acids is 2. The van der Waals surface area contributed by atoms with Gasteiger partial charge >= 0.3 is 0 Å². The average Bonchev–Trinajstić information content (AvgIpc) is 2.86. The lowest BCUT2D eigenvalue weighted by Gasteiger charge is -2.31. The van der Waals surface area contributed by atoms with Crippen molar-refractivity contribution in [3.05, 3.63) is 90.2 Å². The standard InChI is InChI=1S/C26H28FN3O5S/c1-19(26(32)28-2)29(17-20-9-7-8-12-24(20)27)25(31)18-30(36(3,33)34)21-13-15-23(16-14-21)35-22-10-5-4-6-11-22/h4-16,19H,17-18H2,1-3H3,(H,28,32)/t19-/m0/s1. The van der Waals surface area contributed by atoms with E-state index in [0.29, 0.717) is 11.5 Å². The second-order valence-corrected chi connectivity index (χ2v) is 9.99. The minimum atomic E-state index is -3.88. The van der Waals surface area contributed by atoms with Crippen LogP contribution in [0.15, 0.2) is 78.9 Å². The Balaban J connectivity index is 1.86. The van der Waals surface area contributed by atoms with E-state index in [1.807, 2.05) is 18.2 Å².